The number of rotatable bonds is 4. The lowest BCUT2D eigenvalue weighted by Crippen LogP contribution is -2.36. The van der Waals surface area contributed by atoms with Crippen molar-refractivity contribution < 1.29 is 23.1 Å². The lowest BCUT2D eigenvalue weighted by Gasteiger charge is -2.13. The molecule has 0 aliphatic carbocycles. The summed E-state index contributed by atoms with van der Waals surface area (Å²) in [7, 11) is 0. The molecule has 0 amide bonds. The molecule has 0 heterocycles. The molecule has 8 heteroatoms. The van der Waals surface area contributed by atoms with Crippen LogP contribution in [0, 0.1) is 0 Å². The maximum atomic E-state index is 12.5. The highest BCUT2D eigenvalue weighted by Gasteiger charge is 2.31. The average Bonchev–Trinajstić information content (AvgIpc) is 2.23. The van der Waals surface area contributed by atoms with Crippen molar-refractivity contribution in [1.29, 1.82) is 0 Å². The average molecular weight is 327 g/mol. The third kappa shape index (κ3) is 4.19. The maximum absolute atomic E-state index is 12.5. The molecule has 1 atom stereocenters. The molecule has 0 aliphatic rings. The monoisotopic (exact) mass is 326 g/mol. The van der Waals surface area contributed by atoms with Gasteiger partial charge in [-0.1, -0.05) is 15.9 Å². The van der Waals surface area contributed by atoms with E-state index in [-0.39, 0.29) is 16.7 Å². The Bertz CT molecular complexity index is 451. The van der Waals surface area contributed by atoms with E-state index in [4.69, 9.17) is 10.8 Å². The molecule has 0 radical (unpaired) electrons. The van der Waals surface area contributed by atoms with Crippen LogP contribution in [0.25, 0.3) is 0 Å². The van der Waals surface area contributed by atoms with Gasteiger partial charge in [0.2, 0.25) is 0 Å². The van der Waals surface area contributed by atoms with E-state index >= 15 is 0 Å². The van der Waals surface area contributed by atoms with Crippen molar-refractivity contribution in [3.05, 3.63) is 28.2 Å². The van der Waals surface area contributed by atoms with Gasteiger partial charge in [0.25, 0.3) is 0 Å². The third-order valence-electron chi connectivity index (χ3n) is 2.07. The summed E-state index contributed by atoms with van der Waals surface area (Å²) in [6.07, 6.45) is -4.46. The first-order valence-corrected chi connectivity index (χ1v) is 5.59. The molecule has 1 aromatic carbocycles. The van der Waals surface area contributed by atoms with Gasteiger partial charge in [0, 0.05) is 16.7 Å². The number of hydrogen-bond donors (Lipinski definition) is 3. The number of carboxylic acids is 1. The first kappa shape index (κ1) is 14.8. The van der Waals surface area contributed by atoms with Crippen LogP contribution < -0.4 is 11.1 Å². The number of anilines is 1. The van der Waals surface area contributed by atoms with E-state index in [1.54, 1.807) is 0 Å². The van der Waals surface area contributed by atoms with Gasteiger partial charge >= 0.3 is 12.1 Å². The minimum atomic E-state index is -4.46. The molecule has 0 fully saturated rings. The summed E-state index contributed by atoms with van der Waals surface area (Å²) in [5.74, 6) is -1.23. The fourth-order valence-corrected chi connectivity index (χ4v) is 1.66. The van der Waals surface area contributed by atoms with Crippen molar-refractivity contribution in [1.82, 2.24) is 0 Å². The van der Waals surface area contributed by atoms with E-state index in [0.717, 1.165) is 12.1 Å². The van der Waals surface area contributed by atoms with Gasteiger partial charge in [-0.05, 0) is 18.2 Å². The van der Waals surface area contributed by atoms with Crippen LogP contribution in [0.15, 0.2) is 22.7 Å². The molecule has 4 nitrogen and oxygen atoms in total. The van der Waals surface area contributed by atoms with E-state index < -0.39 is 23.8 Å². The van der Waals surface area contributed by atoms with Gasteiger partial charge in [-0.15, -0.1) is 0 Å². The van der Waals surface area contributed by atoms with E-state index in [9.17, 15) is 18.0 Å². The minimum absolute atomic E-state index is 0.147. The van der Waals surface area contributed by atoms with E-state index in [1.807, 2.05) is 0 Å². The summed E-state index contributed by atoms with van der Waals surface area (Å²) in [6, 6.07) is 2.05. The van der Waals surface area contributed by atoms with Crippen molar-refractivity contribution in [2.24, 2.45) is 5.73 Å². The number of aliphatic carboxylic acids is 1. The second kappa shape index (κ2) is 5.57. The number of nitrogens with one attached hydrogen (secondary N) is 1. The Kier molecular flexibility index (Phi) is 4.58. The van der Waals surface area contributed by atoms with Crippen LogP contribution in [-0.4, -0.2) is 23.7 Å². The van der Waals surface area contributed by atoms with Crippen molar-refractivity contribution in [3.8, 4) is 0 Å². The molecule has 100 valence electrons. The molecule has 0 aromatic heterocycles. The van der Waals surface area contributed by atoms with Gasteiger partial charge in [-0.3, -0.25) is 4.79 Å². The minimum Gasteiger partial charge on any atom is -0.480 e. The fourth-order valence-electron chi connectivity index (χ4n) is 1.17. The first-order valence-electron chi connectivity index (χ1n) is 4.80. The van der Waals surface area contributed by atoms with Crippen LogP contribution >= 0.6 is 15.9 Å². The second-order valence-electron chi connectivity index (χ2n) is 3.55. The zero-order valence-corrected chi connectivity index (χ0v) is 10.5. The van der Waals surface area contributed by atoms with E-state index in [1.165, 1.54) is 6.07 Å². The van der Waals surface area contributed by atoms with Crippen LogP contribution in [0.2, 0.25) is 0 Å². The molecule has 0 saturated carbocycles. The molecule has 0 aliphatic heterocycles. The number of alkyl halides is 3. The lowest BCUT2D eigenvalue weighted by atomic mass is 10.2. The Balaban J connectivity index is 2.84. The van der Waals surface area contributed by atoms with Crippen molar-refractivity contribution in [2.45, 2.75) is 12.2 Å². The molecule has 18 heavy (non-hydrogen) atoms. The van der Waals surface area contributed by atoms with Gasteiger partial charge in [0.1, 0.15) is 6.04 Å². The molecule has 1 aromatic rings. The summed E-state index contributed by atoms with van der Waals surface area (Å²) in [6.45, 7) is -0.164. The number of carbonyl (C=O) groups is 1. The van der Waals surface area contributed by atoms with Gasteiger partial charge < -0.3 is 16.2 Å². The highest BCUT2D eigenvalue weighted by Crippen LogP contribution is 2.33. The van der Waals surface area contributed by atoms with Gasteiger partial charge in [-0.2, -0.15) is 13.2 Å². The number of halogens is 4. The van der Waals surface area contributed by atoms with E-state index in [2.05, 4.69) is 21.2 Å². The van der Waals surface area contributed by atoms with Gasteiger partial charge in [0.05, 0.1) is 5.56 Å². The summed E-state index contributed by atoms with van der Waals surface area (Å²) < 4.78 is 37.8. The molecule has 4 N–H and O–H groups in total. The Morgan fingerprint density at radius 2 is 2.06 bits per heavy atom. The predicted molar refractivity (Wildman–Crippen MR) is 63.2 cm³/mol. The maximum Gasteiger partial charge on any atom is 0.416 e. The Labute approximate surface area is 109 Å². The predicted octanol–water partition coefficient (Wildman–Crippen LogP) is 2.29. The van der Waals surface area contributed by atoms with Crippen LogP contribution in [0.3, 0.4) is 0 Å². The van der Waals surface area contributed by atoms with Gasteiger partial charge in [-0.25, -0.2) is 0 Å². The number of hydrogen-bond acceptors (Lipinski definition) is 3. The summed E-state index contributed by atoms with van der Waals surface area (Å²) in [5, 5.41) is 11.1. The van der Waals surface area contributed by atoms with E-state index in [0.29, 0.717) is 0 Å². The van der Waals surface area contributed by atoms with Crippen LogP contribution in [0.4, 0.5) is 18.9 Å². The topological polar surface area (TPSA) is 75.3 Å². The molecule has 1 rings (SSSR count). The Morgan fingerprint density at radius 1 is 1.44 bits per heavy atom. The third-order valence-corrected chi connectivity index (χ3v) is 2.53. The molecule has 0 saturated heterocycles. The molecule has 0 bridgehead atoms. The lowest BCUT2D eigenvalue weighted by molar-refractivity contribution is -0.138. The number of carboxylic acid groups (broad SMARTS) is 1. The quantitative estimate of drug-likeness (QED) is 0.793. The SMILES string of the molecule is NC(CNc1cc(Br)cc(C(F)(F)F)c1)C(=O)O. The van der Waals surface area contributed by atoms with Gasteiger partial charge in [0.15, 0.2) is 0 Å². The standard InChI is InChI=1S/C10H10BrF3N2O2/c11-6-1-5(10(12,13)14)2-7(3-6)16-4-8(15)9(17)18/h1-3,8,16H,4,15H2,(H,17,18). The summed E-state index contributed by atoms with van der Waals surface area (Å²) in [5.41, 5.74) is 4.55. The highest BCUT2D eigenvalue weighted by atomic mass is 79.9. The van der Waals surface area contributed by atoms with Crippen molar-refractivity contribution >= 4 is 27.6 Å². The largest absolute Gasteiger partial charge is 0.480 e. The van der Waals surface area contributed by atoms with Crippen LogP contribution in [0.5, 0.6) is 0 Å². The van der Waals surface area contributed by atoms with Crippen LogP contribution in [-0.2, 0) is 11.0 Å². The zero-order valence-electron chi connectivity index (χ0n) is 8.96. The second-order valence-corrected chi connectivity index (χ2v) is 4.47. The molecular formula is C10H10BrF3N2O2. The van der Waals surface area contributed by atoms with Crippen molar-refractivity contribution in [2.75, 3.05) is 11.9 Å². The summed E-state index contributed by atoms with van der Waals surface area (Å²) in [4.78, 5) is 10.5. The zero-order chi connectivity index (χ0) is 13.9. The molecule has 0 spiro atoms. The first-order chi connectivity index (χ1) is 8.20. The summed E-state index contributed by atoms with van der Waals surface area (Å²) >= 11 is 2.95. The number of nitrogens with two attached hydrogens (primary N) is 1. The Hall–Kier alpha value is -1.28. The van der Waals surface area contributed by atoms with Crippen molar-refractivity contribution in [3.63, 3.8) is 0 Å². The Morgan fingerprint density at radius 3 is 2.56 bits per heavy atom. The van der Waals surface area contributed by atoms with Crippen LogP contribution in [0.1, 0.15) is 5.56 Å². The highest BCUT2D eigenvalue weighted by molar-refractivity contribution is 9.10. The number of benzene rings is 1. The molecular weight excluding hydrogens is 317 g/mol. The fraction of sp³-hybridized carbons (Fsp3) is 0.300. The normalized spacial score (nSPS) is 13.2. The molecule has 1 unspecified atom stereocenters. The smallest absolute Gasteiger partial charge is 0.416 e.